The third-order valence-electron chi connectivity index (χ3n) is 3.05. The van der Waals surface area contributed by atoms with Crippen molar-refractivity contribution >= 4 is 11.9 Å². The van der Waals surface area contributed by atoms with E-state index in [2.05, 4.69) is 10.3 Å². The molecule has 1 aliphatic rings. The fraction of sp³-hybridized carbons (Fsp3) is 0.467. The fourth-order valence-corrected chi connectivity index (χ4v) is 2.03. The number of carbonyl (C=O) groups is 1. The maximum absolute atomic E-state index is 13.1. The third-order valence-corrected chi connectivity index (χ3v) is 3.05. The van der Waals surface area contributed by atoms with Gasteiger partial charge in [-0.25, -0.2) is 9.38 Å². The normalized spacial score (nSPS) is 18.6. The zero-order valence-electron chi connectivity index (χ0n) is 12.0. The molecule has 1 fully saturated rings. The largest absolute Gasteiger partial charge is 0.465 e. The first kappa shape index (κ1) is 15.4. The van der Waals surface area contributed by atoms with Gasteiger partial charge in [-0.05, 0) is 38.0 Å². The van der Waals surface area contributed by atoms with Crippen molar-refractivity contribution in [2.45, 2.75) is 25.9 Å². The molecule has 1 N–H and O–H groups in total. The van der Waals surface area contributed by atoms with E-state index in [-0.39, 0.29) is 17.7 Å². The molecule has 0 bridgehead atoms. The summed E-state index contributed by atoms with van der Waals surface area (Å²) in [5.74, 6) is -0.911. The average Bonchev–Trinajstić information content (AvgIpc) is 2.98. The van der Waals surface area contributed by atoms with E-state index >= 15 is 0 Å². The van der Waals surface area contributed by atoms with Crippen molar-refractivity contribution in [2.75, 3.05) is 19.8 Å². The van der Waals surface area contributed by atoms with Gasteiger partial charge in [0, 0.05) is 12.2 Å². The van der Waals surface area contributed by atoms with Crippen LogP contribution >= 0.6 is 0 Å². The number of nitrogens with zero attached hydrogens (tertiary/aromatic N) is 1. The number of aliphatic imine (C=N–C) groups is 1. The average molecular weight is 294 g/mol. The molecule has 1 heterocycles. The zero-order valence-corrected chi connectivity index (χ0v) is 12.0. The lowest BCUT2D eigenvalue weighted by molar-refractivity contribution is 0.0963. The Kier molecular flexibility index (Phi) is 5.68. The summed E-state index contributed by atoms with van der Waals surface area (Å²) in [5, 5.41) is 2.55. The van der Waals surface area contributed by atoms with Crippen LogP contribution in [0.4, 0.5) is 4.39 Å². The molecule has 114 valence electrons. The first-order valence-corrected chi connectivity index (χ1v) is 7.05. The number of benzene rings is 1. The van der Waals surface area contributed by atoms with Crippen LogP contribution in [0.5, 0.6) is 0 Å². The number of hydrogen-bond donors (Lipinski definition) is 1. The zero-order chi connectivity index (χ0) is 15.1. The summed E-state index contributed by atoms with van der Waals surface area (Å²) >= 11 is 0. The van der Waals surface area contributed by atoms with Crippen molar-refractivity contribution in [3.63, 3.8) is 0 Å². The van der Waals surface area contributed by atoms with E-state index in [0.717, 1.165) is 19.4 Å². The summed E-state index contributed by atoms with van der Waals surface area (Å²) < 4.78 is 23.9. The van der Waals surface area contributed by atoms with Crippen LogP contribution in [-0.4, -0.2) is 37.8 Å². The molecule has 2 rings (SSSR count). The lowest BCUT2D eigenvalue weighted by Crippen LogP contribution is -2.33. The Morgan fingerprint density at radius 3 is 3.10 bits per heavy atom. The molecule has 1 aromatic rings. The maximum atomic E-state index is 13.1. The second kappa shape index (κ2) is 7.73. The van der Waals surface area contributed by atoms with E-state index in [9.17, 15) is 9.18 Å². The van der Waals surface area contributed by atoms with Crippen LogP contribution in [-0.2, 0) is 9.47 Å². The molecule has 6 heteroatoms. The Labute approximate surface area is 123 Å². The van der Waals surface area contributed by atoms with Crippen molar-refractivity contribution in [1.29, 1.82) is 0 Å². The Hall–Kier alpha value is -1.95. The predicted octanol–water partition coefficient (Wildman–Crippen LogP) is 2.13. The van der Waals surface area contributed by atoms with Gasteiger partial charge >= 0.3 is 0 Å². The molecule has 1 aliphatic heterocycles. The quantitative estimate of drug-likeness (QED) is 0.683. The standard InChI is InChI=1S/C15H19FN2O3/c1-2-20-15(17-10-13-7-4-8-21-13)18-14(19)11-5-3-6-12(16)9-11/h3,5-6,9,13H,2,4,7-8,10H2,1H3,(H,17,18,19)/t13-/m1/s1. The van der Waals surface area contributed by atoms with Crippen molar-refractivity contribution in [3.8, 4) is 0 Å². The number of nitrogens with one attached hydrogen (secondary N) is 1. The van der Waals surface area contributed by atoms with Crippen LogP contribution in [0.1, 0.15) is 30.1 Å². The number of halogens is 1. The number of rotatable bonds is 4. The molecule has 1 amide bonds. The van der Waals surface area contributed by atoms with Gasteiger partial charge in [0.25, 0.3) is 11.9 Å². The van der Waals surface area contributed by atoms with E-state index in [1.165, 1.54) is 24.3 Å². The Bertz CT molecular complexity index is 513. The summed E-state index contributed by atoms with van der Waals surface area (Å²) in [4.78, 5) is 16.2. The summed E-state index contributed by atoms with van der Waals surface area (Å²) in [5.41, 5.74) is 0.222. The van der Waals surface area contributed by atoms with Gasteiger partial charge in [-0.15, -0.1) is 0 Å². The van der Waals surface area contributed by atoms with Crippen LogP contribution in [0.2, 0.25) is 0 Å². The Balaban J connectivity index is 1.97. The Morgan fingerprint density at radius 1 is 1.57 bits per heavy atom. The number of amides is 1. The third kappa shape index (κ3) is 4.82. The van der Waals surface area contributed by atoms with Gasteiger partial charge in [-0.2, -0.15) is 0 Å². The van der Waals surface area contributed by atoms with E-state index in [1.54, 1.807) is 6.92 Å². The molecule has 1 atom stereocenters. The number of ether oxygens (including phenoxy) is 2. The second-order valence-electron chi connectivity index (χ2n) is 4.68. The van der Waals surface area contributed by atoms with Crippen LogP contribution < -0.4 is 5.32 Å². The summed E-state index contributed by atoms with van der Waals surface area (Å²) in [6.45, 7) is 3.38. The second-order valence-corrected chi connectivity index (χ2v) is 4.68. The predicted molar refractivity (Wildman–Crippen MR) is 76.8 cm³/mol. The molecule has 1 aromatic carbocycles. The van der Waals surface area contributed by atoms with E-state index in [1.807, 2.05) is 0 Å². The molecule has 1 saturated heterocycles. The van der Waals surface area contributed by atoms with Gasteiger partial charge in [0.15, 0.2) is 0 Å². The molecular formula is C15H19FN2O3. The fourth-order valence-electron chi connectivity index (χ4n) is 2.03. The summed E-state index contributed by atoms with van der Waals surface area (Å²) in [6.07, 6.45) is 2.06. The number of amidine groups is 1. The summed E-state index contributed by atoms with van der Waals surface area (Å²) in [6, 6.07) is 5.60. The molecule has 0 unspecified atom stereocenters. The van der Waals surface area contributed by atoms with Crippen LogP contribution in [0, 0.1) is 5.82 Å². The maximum Gasteiger partial charge on any atom is 0.291 e. The smallest absolute Gasteiger partial charge is 0.291 e. The highest BCUT2D eigenvalue weighted by molar-refractivity contribution is 6.04. The molecule has 0 spiro atoms. The minimum atomic E-state index is -0.461. The first-order valence-electron chi connectivity index (χ1n) is 7.05. The highest BCUT2D eigenvalue weighted by atomic mass is 19.1. The highest BCUT2D eigenvalue weighted by Crippen LogP contribution is 2.12. The summed E-state index contributed by atoms with van der Waals surface area (Å²) in [7, 11) is 0. The van der Waals surface area contributed by atoms with Gasteiger partial charge in [0.2, 0.25) is 0 Å². The van der Waals surface area contributed by atoms with Crippen molar-refractivity contribution in [2.24, 2.45) is 4.99 Å². The van der Waals surface area contributed by atoms with Crippen LogP contribution in [0.15, 0.2) is 29.3 Å². The van der Waals surface area contributed by atoms with Gasteiger partial charge in [-0.3, -0.25) is 10.1 Å². The van der Waals surface area contributed by atoms with Gasteiger partial charge < -0.3 is 9.47 Å². The lowest BCUT2D eigenvalue weighted by Gasteiger charge is -2.11. The van der Waals surface area contributed by atoms with Gasteiger partial charge in [-0.1, -0.05) is 6.07 Å². The SMILES string of the molecule is CCOC(=NC[C@H]1CCCO1)NC(=O)c1cccc(F)c1. The van der Waals surface area contributed by atoms with Crippen molar-refractivity contribution < 1.29 is 18.7 Å². The van der Waals surface area contributed by atoms with E-state index in [0.29, 0.717) is 13.2 Å². The first-order chi connectivity index (χ1) is 10.2. The number of hydrogen-bond acceptors (Lipinski definition) is 4. The van der Waals surface area contributed by atoms with Crippen molar-refractivity contribution in [3.05, 3.63) is 35.6 Å². The van der Waals surface area contributed by atoms with Crippen LogP contribution in [0.3, 0.4) is 0 Å². The van der Waals surface area contributed by atoms with E-state index in [4.69, 9.17) is 9.47 Å². The topological polar surface area (TPSA) is 59.9 Å². The molecule has 0 saturated carbocycles. The molecule has 5 nitrogen and oxygen atoms in total. The molecule has 0 radical (unpaired) electrons. The molecular weight excluding hydrogens is 275 g/mol. The van der Waals surface area contributed by atoms with E-state index < -0.39 is 11.7 Å². The van der Waals surface area contributed by atoms with Gasteiger partial charge in [0.1, 0.15) is 5.82 Å². The van der Waals surface area contributed by atoms with Crippen molar-refractivity contribution in [1.82, 2.24) is 5.32 Å². The monoisotopic (exact) mass is 294 g/mol. The molecule has 0 aromatic heterocycles. The number of carbonyl (C=O) groups excluding carboxylic acids is 1. The Morgan fingerprint density at radius 2 is 2.43 bits per heavy atom. The highest BCUT2D eigenvalue weighted by Gasteiger charge is 2.16. The molecule has 0 aliphatic carbocycles. The minimum absolute atomic E-state index is 0.0755. The lowest BCUT2D eigenvalue weighted by atomic mass is 10.2. The van der Waals surface area contributed by atoms with Crippen LogP contribution in [0.25, 0.3) is 0 Å². The molecule has 21 heavy (non-hydrogen) atoms. The minimum Gasteiger partial charge on any atom is -0.465 e. The van der Waals surface area contributed by atoms with Gasteiger partial charge in [0.05, 0.1) is 19.3 Å².